The summed E-state index contributed by atoms with van der Waals surface area (Å²) in [4.78, 5) is 21.6. The van der Waals surface area contributed by atoms with Crippen LogP contribution in [0.2, 0.25) is 5.02 Å². The van der Waals surface area contributed by atoms with Crippen molar-refractivity contribution in [1.82, 2.24) is 9.97 Å². The highest BCUT2D eigenvalue weighted by molar-refractivity contribution is 7.14. The molecule has 0 saturated heterocycles. The summed E-state index contributed by atoms with van der Waals surface area (Å²) in [5.41, 5.74) is 2.53. The number of alkyl halides is 2. The molecule has 5 nitrogen and oxygen atoms in total. The van der Waals surface area contributed by atoms with E-state index in [1.807, 2.05) is 0 Å². The summed E-state index contributed by atoms with van der Waals surface area (Å²) in [6, 6.07) is 13.3. The number of halogens is 3. The molecule has 2 heterocycles. The normalized spacial score (nSPS) is 11.1. The standard InChI is InChI=1S/C21H14ClF2N3O2S/c1-11-15(9-12-8-13(22)6-7-16(12)25-11)19(28)27-21-26-17(10-30-21)14-4-2-3-5-18(14)29-20(23)24/h2-10,20H,1H3,(H,26,27,28). The molecule has 4 rings (SSSR count). The first-order valence-electron chi connectivity index (χ1n) is 8.79. The SMILES string of the molecule is Cc1nc2ccc(Cl)cc2cc1C(=O)Nc1nc(-c2ccccc2OC(F)F)cs1. The lowest BCUT2D eigenvalue weighted by Crippen LogP contribution is -2.14. The van der Waals surface area contributed by atoms with E-state index in [1.165, 1.54) is 17.4 Å². The van der Waals surface area contributed by atoms with Gasteiger partial charge in [-0.25, -0.2) is 4.98 Å². The number of thiazole rings is 1. The summed E-state index contributed by atoms with van der Waals surface area (Å²) < 4.78 is 29.8. The number of ether oxygens (including phenoxy) is 1. The fourth-order valence-corrected chi connectivity index (χ4v) is 3.86. The number of amides is 1. The molecule has 9 heteroatoms. The molecule has 0 aliphatic rings. The largest absolute Gasteiger partial charge is 0.434 e. The molecule has 30 heavy (non-hydrogen) atoms. The van der Waals surface area contributed by atoms with Crippen LogP contribution in [0.25, 0.3) is 22.2 Å². The van der Waals surface area contributed by atoms with Crippen molar-refractivity contribution in [2.24, 2.45) is 0 Å². The van der Waals surface area contributed by atoms with Gasteiger partial charge in [0.2, 0.25) is 0 Å². The van der Waals surface area contributed by atoms with Gasteiger partial charge in [0.1, 0.15) is 5.75 Å². The van der Waals surface area contributed by atoms with Crippen LogP contribution < -0.4 is 10.1 Å². The lowest BCUT2D eigenvalue weighted by Gasteiger charge is -2.09. The van der Waals surface area contributed by atoms with Crippen molar-refractivity contribution in [3.05, 3.63) is 70.2 Å². The van der Waals surface area contributed by atoms with Gasteiger partial charge in [0.15, 0.2) is 5.13 Å². The third-order valence-corrected chi connectivity index (χ3v) is 5.31. The molecular weight excluding hydrogens is 432 g/mol. The Kier molecular flexibility index (Phi) is 5.61. The van der Waals surface area contributed by atoms with Crippen molar-refractivity contribution in [3.8, 4) is 17.0 Å². The van der Waals surface area contributed by atoms with Crippen LogP contribution in [-0.2, 0) is 0 Å². The lowest BCUT2D eigenvalue weighted by atomic mass is 10.1. The molecule has 0 fully saturated rings. The van der Waals surface area contributed by atoms with E-state index < -0.39 is 6.61 Å². The first-order chi connectivity index (χ1) is 14.4. The maximum atomic E-state index is 12.8. The second-order valence-corrected chi connectivity index (χ2v) is 7.62. The highest BCUT2D eigenvalue weighted by Gasteiger charge is 2.16. The third-order valence-electron chi connectivity index (χ3n) is 4.32. The first-order valence-corrected chi connectivity index (χ1v) is 10.0. The van der Waals surface area contributed by atoms with Crippen molar-refractivity contribution < 1.29 is 18.3 Å². The number of nitrogens with zero attached hydrogens (tertiary/aromatic N) is 2. The number of carbonyl (C=O) groups is 1. The van der Waals surface area contributed by atoms with Crippen molar-refractivity contribution in [2.75, 3.05) is 5.32 Å². The first kappa shape index (κ1) is 20.2. The molecule has 2 aromatic carbocycles. The van der Waals surface area contributed by atoms with Crippen LogP contribution in [0.3, 0.4) is 0 Å². The maximum absolute atomic E-state index is 12.8. The topological polar surface area (TPSA) is 64.1 Å². The average molecular weight is 446 g/mol. The van der Waals surface area contributed by atoms with Gasteiger partial charge < -0.3 is 4.74 Å². The van der Waals surface area contributed by atoms with Crippen molar-refractivity contribution in [3.63, 3.8) is 0 Å². The molecule has 1 amide bonds. The molecule has 0 aliphatic carbocycles. The monoisotopic (exact) mass is 445 g/mol. The van der Waals surface area contributed by atoms with Gasteiger partial charge >= 0.3 is 6.61 Å². The van der Waals surface area contributed by atoms with Gasteiger partial charge in [-0.2, -0.15) is 8.78 Å². The molecule has 0 bridgehead atoms. The van der Waals surface area contributed by atoms with E-state index in [2.05, 4.69) is 20.0 Å². The zero-order valence-corrected chi connectivity index (χ0v) is 17.1. The van der Waals surface area contributed by atoms with Crippen LogP contribution in [0.1, 0.15) is 16.1 Å². The van der Waals surface area contributed by atoms with Crippen molar-refractivity contribution in [1.29, 1.82) is 0 Å². The molecule has 0 unspecified atom stereocenters. The van der Waals surface area contributed by atoms with Crippen LogP contribution in [0, 0.1) is 6.92 Å². The van der Waals surface area contributed by atoms with E-state index >= 15 is 0 Å². The highest BCUT2D eigenvalue weighted by Crippen LogP contribution is 2.33. The van der Waals surface area contributed by atoms with Gasteiger partial charge in [-0.05, 0) is 43.3 Å². The number of carbonyl (C=O) groups excluding carboxylic acids is 1. The Labute approximate surface area is 179 Å². The number of aromatic nitrogens is 2. The second kappa shape index (κ2) is 8.33. The zero-order chi connectivity index (χ0) is 21.3. The summed E-state index contributed by atoms with van der Waals surface area (Å²) in [5.74, 6) is -0.359. The number of aryl methyl sites for hydroxylation is 1. The van der Waals surface area contributed by atoms with Gasteiger partial charge in [0, 0.05) is 21.4 Å². The van der Waals surface area contributed by atoms with Crippen LogP contribution in [0.4, 0.5) is 13.9 Å². The minimum absolute atomic E-state index is 0.0159. The number of hydrogen-bond donors (Lipinski definition) is 1. The fraction of sp³-hybridized carbons (Fsp3) is 0.0952. The molecular formula is C21H14ClF2N3O2S. The van der Waals surface area contributed by atoms with Crippen LogP contribution in [0.15, 0.2) is 53.9 Å². The van der Waals surface area contributed by atoms with E-state index in [0.29, 0.717) is 32.7 Å². The molecule has 0 radical (unpaired) electrons. The molecule has 0 saturated carbocycles. The number of fused-ring (bicyclic) bond motifs is 1. The number of benzene rings is 2. The smallest absolute Gasteiger partial charge is 0.387 e. The van der Waals surface area contributed by atoms with Gasteiger partial charge in [0.05, 0.1) is 22.5 Å². The van der Waals surface area contributed by atoms with E-state index in [1.54, 1.807) is 54.8 Å². The van der Waals surface area contributed by atoms with Crippen LogP contribution in [0.5, 0.6) is 5.75 Å². The summed E-state index contributed by atoms with van der Waals surface area (Å²) in [5, 5.41) is 6.02. The minimum atomic E-state index is -2.94. The molecule has 152 valence electrons. The quantitative estimate of drug-likeness (QED) is 0.398. The van der Waals surface area contributed by atoms with Crippen LogP contribution in [-0.4, -0.2) is 22.5 Å². The van der Waals surface area contributed by atoms with E-state index in [-0.39, 0.29) is 11.7 Å². The van der Waals surface area contributed by atoms with E-state index in [9.17, 15) is 13.6 Å². The predicted molar refractivity (Wildman–Crippen MR) is 114 cm³/mol. The minimum Gasteiger partial charge on any atom is -0.434 e. The number of hydrogen-bond acceptors (Lipinski definition) is 5. The molecule has 2 aromatic heterocycles. The fourth-order valence-electron chi connectivity index (χ4n) is 2.97. The molecule has 0 aliphatic heterocycles. The Balaban J connectivity index is 1.60. The van der Waals surface area contributed by atoms with Gasteiger partial charge in [-0.1, -0.05) is 23.7 Å². The number of nitrogens with one attached hydrogen (secondary N) is 1. The van der Waals surface area contributed by atoms with Gasteiger partial charge in [-0.15, -0.1) is 11.3 Å². The summed E-state index contributed by atoms with van der Waals surface area (Å²) in [7, 11) is 0. The molecule has 4 aromatic rings. The van der Waals surface area contributed by atoms with Crippen molar-refractivity contribution in [2.45, 2.75) is 13.5 Å². The predicted octanol–water partition coefficient (Wildman–Crippen LogP) is 6.17. The Morgan fingerprint density at radius 1 is 1.17 bits per heavy atom. The summed E-state index contributed by atoms with van der Waals surface area (Å²) in [6.45, 7) is -1.20. The third kappa shape index (κ3) is 4.24. The summed E-state index contributed by atoms with van der Waals surface area (Å²) in [6.07, 6.45) is 0. The van der Waals surface area contributed by atoms with E-state index in [0.717, 1.165) is 10.9 Å². The van der Waals surface area contributed by atoms with Crippen LogP contribution >= 0.6 is 22.9 Å². The number of para-hydroxylation sites is 1. The van der Waals surface area contributed by atoms with Gasteiger partial charge in [-0.3, -0.25) is 15.1 Å². The number of rotatable bonds is 5. The summed E-state index contributed by atoms with van der Waals surface area (Å²) >= 11 is 7.21. The second-order valence-electron chi connectivity index (χ2n) is 6.33. The Hall–Kier alpha value is -3.10. The highest BCUT2D eigenvalue weighted by atomic mass is 35.5. The zero-order valence-electron chi connectivity index (χ0n) is 15.5. The van der Waals surface area contributed by atoms with E-state index in [4.69, 9.17) is 11.6 Å². The molecule has 0 atom stereocenters. The van der Waals surface area contributed by atoms with Gasteiger partial charge in [0.25, 0.3) is 5.91 Å². The number of pyridine rings is 1. The maximum Gasteiger partial charge on any atom is 0.387 e. The molecule has 0 spiro atoms. The number of anilines is 1. The Morgan fingerprint density at radius 2 is 1.97 bits per heavy atom. The average Bonchev–Trinajstić information content (AvgIpc) is 3.16. The Bertz CT molecular complexity index is 1250. The molecule has 1 N–H and O–H groups in total. The lowest BCUT2D eigenvalue weighted by molar-refractivity contribution is -0.0494. The van der Waals surface area contributed by atoms with Crippen molar-refractivity contribution >= 4 is 44.9 Å². The Morgan fingerprint density at radius 3 is 2.77 bits per heavy atom.